The van der Waals surface area contributed by atoms with E-state index in [2.05, 4.69) is 17.5 Å². The molecule has 0 saturated carbocycles. The number of halogens is 1. The van der Waals surface area contributed by atoms with Gasteiger partial charge in [-0.15, -0.1) is 0 Å². The molecule has 0 atom stereocenters. The maximum atomic E-state index is 6.34. The van der Waals surface area contributed by atoms with Gasteiger partial charge in [-0.1, -0.05) is 57.0 Å². The average Bonchev–Trinajstić information content (AvgIpc) is 2.72. The normalized spacial score (nSPS) is 11.0. The Labute approximate surface area is 173 Å². The third-order valence-electron chi connectivity index (χ3n) is 4.46. The quantitative estimate of drug-likeness (QED) is 0.224. The van der Waals surface area contributed by atoms with Crippen molar-refractivity contribution in [3.63, 3.8) is 0 Å². The molecule has 0 aliphatic rings. The minimum Gasteiger partial charge on any atom is -0.497 e. The first-order valence-electron chi connectivity index (χ1n) is 10.1. The van der Waals surface area contributed by atoms with Gasteiger partial charge < -0.3 is 9.47 Å². The lowest BCUT2D eigenvalue weighted by Gasteiger charge is -2.08. The predicted molar refractivity (Wildman–Crippen MR) is 119 cm³/mol. The van der Waals surface area contributed by atoms with Crippen LogP contribution in [0.2, 0.25) is 5.02 Å². The molecule has 0 aliphatic carbocycles. The average molecular weight is 403 g/mol. The highest BCUT2D eigenvalue weighted by Gasteiger charge is 2.02. The molecule has 0 saturated heterocycles. The van der Waals surface area contributed by atoms with E-state index in [-0.39, 0.29) is 0 Å². The highest BCUT2D eigenvalue weighted by atomic mass is 35.5. The summed E-state index contributed by atoms with van der Waals surface area (Å²) in [5, 5.41) is 4.85. The van der Waals surface area contributed by atoms with Crippen molar-refractivity contribution in [2.24, 2.45) is 5.10 Å². The molecule has 28 heavy (non-hydrogen) atoms. The summed E-state index contributed by atoms with van der Waals surface area (Å²) in [5.74, 6) is 1.54. The molecule has 1 N–H and O–H groups in total. The molecule has 2 aromatic carbocycles. The van der Waals surface area contributed by atoms with Crippen LogP contribution in [0.4, 0.5) is 5.69 Å². The molecule has 0 bridgehead atoms. The molecular weight excluding hydrogens is 372 g/mol. The van der Waals surface area contributed by atoms with Crippen molar-refractivity contribution in [3.8, 4) is 11.5 Å². The van der Waals surface area contributed by atoms with E-state index in [1.807, 2.05) is 42.5 Å². The van der Waals surface area contributed by atoms with E-state index in [0.29, 0.717) is 11.6 Å². The molecule has 5 heteroatoms. The van der Waals surface area contributed by atoms with Gasteiger partial charge in [-0.2, -0.15) is 5.10 Å². The van der Waals surface area contributed by atoms with Gasteiger partial charge in [-0.05, 0) is 54.4 Å². The zero-order valence-corrected chi connectivity index (χ0v) is 17.7. The number of nitrogens with zero attached hydrogens (tertiary/aromatic N) is 1. The summed E-state index contributed by atoms with van der Waals surface area (Å²) in [6.45, 7) is 2.95. The lowest BCUT2D eigenvalue weighted by atomic mass is 10.1. The number of rotatable bonds is 13. The van der Waals surface area contributed by atoms with Crippen LogP contribution < -0.4 is 14.9 Å². The number of nitrogens with one attached hydrogen (secondary N) is 1. The Hall–Kier alpha value is -2.20. The molecule has 0 radical (unpaired) electrons. The maximum absolute atomic E-state index is 6.34. The second-order valence-corrected chi connectivity index (χ2v) is 7.17. The molecule has 0 aromatic heterocycles. The molecule has 4 nitrogen and oxygen atoms in total. The minimum absolute atomic E-state index is 0.608. The highest BCUT2D eigenvalue weighted by molar-refractivity contribution is 6.32. The Morgan fingerprint density at radius 1 is 0.964 bits per heavy atom. The van der Waals surface area contributed by atoms with E-state index in [1.54, 1.807) is 13.3 Å². The lowest BCUT2D eigenvalue weighted by molar-refractivity contribution is 0.304. The van der Waals surface area contributed by atoms with E-state index in [0.717, 1.165) is 29.2 Å². The number of hydrogen-bond donors (Lipinski definition) is 1. The summed E-state index contributed by atoms with van der Waals surface area (Å²) >= 11 is 6.34. The molecule has 0 unspecified atom stereocenters. The van der Waals surface area contributed by atoms with E-state index < -0.39 is 0 Å². The fourth-order valence-corrected chi connectivity index (χ4v) is 3.05. The number of benzene rings is 2. The first-order chi connectivity index (χ1) is 13.7. The number of methoxy groups -OCH3 is 1. The molecule has 2 aromatic rings. The van der Waals surface area contributed by atoms with Crippen molar-refractivity contribution >= 4 is 23.5 Å². The van der Waals surface area contributed by atoms with E-state index in [4.69, 9.17) is 21.1 Å². The van der Waals surface area contributed by atoms with Gasteiger partial charge in [0.15, 0.2) is 0 Å². The first-order valence-corrected chi connectivity index (χ1v) is 10.5. The van der Waals surface area contributed by atoms with Crippen LogP contribution in [-0.4, -0.2) is 19.9 Å². The summed E-state index contributed by atoms with van der Waals surface area (Å²) in [4.78, 5) is 0. The van der Waals surface area contributed by atoms with E-state index >= 15 is 0 Å². The Morgan fingerprint density at radius 2 is 1.68 bits per heavy atom. The van der Waals surface area contributed by atoms with E-state index in [9.17, 15) is 0 Å². The van der Waals surface area contributed by atoms with E-state index in [1.165, 1.54) is 38.5 Å². The first kappa shape index (κ1) is 22.1. The molecule has 0 aliphatic heterocycles. The summed E-state index contributed by atoms with van der Waals surface area (Å²) in [6, 6.07) is 13.3. The van der Waals surface area contributed by atoms with Crippen molar-refractivity contribution in [2.75, 3.05) is 19.1 Å². The van der Waals surface area contributed by atoms with Gasteiger partial charge in [0.05, 0.1) is 30.6 Å². The number of anilines is 1. The van der Waals surface area contributed by atoms with Crippen LogP contribution in [-0.2, 0) is 0 Å². The van der Waals surface area contributed by atoms with Crippen LogP contribution in [0.3, 0.4) is 0 Å². The molecule has 0 spiro atoms. The second kappa shape index (κ2) is 13.1. The SMILES string of the molecule is CCCCCCCCCOc1ccc(/C=N/Nc2ccc(OC)cc2)cc1Cl. The molecule has 2 rings (SSSR count). The highest BCUT2D eigenvalue weighted by Crippen LogP contribution is 2.25. The fraction of sp³-hybridized carbons (Fsp3) is 0.435. The number of unbranched alkanes of at least 4 members (excludes halogenated alkanes) is 6. The Balaban J connectivity index is 1.72. The summed E-state index contributed by atoms with van der Waals surface area (Å²) in [7, 11) is 1.65. The summed E-state index contributed by atoms with van der Waals surface area (Å²) in [6.07, 6.45) is 10.6. The van der Waals surface area contributed by atoms with Gasteiger partial charge in [0.25, 0.3) is 0 Å². The van der Waals surface area contributed by atoms with Crippen molar-refractivity contribution in [1.82, 2.24) is 0 Å². The van der Waals surface area contributed by atoms with Crippen molar-refractivity contribution in [2.45, 2.75) is 51.9 Å². The van der Waals surface area contributed by atoms with Gasteiger partial charge in [-0.25, -0.2) is 0 Å². The monoisotopic (exact) mass is 402 g/mol. The van der Waals surface area contributed by atoms with Crippen molar-refractivity contribution in [3.05, 3.63) is 53.1 Å². The molecular formula is C23H31ClN2O2. The zero-order valence-electron chi connectivity index (χ0n) is 16.9. The lowest BCUT2D eigenvalue weighted by Crippen LogP contribution is -1.98. The molecule has 0 fully saturated rings. The maximum Gasteiger partial charge on any atom is 0.137 e. The Bertz CT molecular complexity index is 717. The van der Waals surface area contributed by atoms with Crippen molar-refractivity contribution < 1.29 is 9.47 Å². The number of hydrogen-bond acceptors (Lipinski definition) is 4. The second-order valence-electron chi connectivity index (χ2n) is 6.76. The standard InChI is InChI=1S/C23H31ClN2O2/c1-3-4-5-6-7-8-9-16-28-23-15-10-19(17-22(23)24)18-25-26-20-11-13-21(27-2)14-12-20/h10-15,17-18,26H,3-9,16H2,1-2H3/b25-18+. The zero-order chi connectivity index (χ0) is 20.0. The van der Waals surface area contributed by atoms with Crippen molar-refractivity contribution in [1.29, 1.82) is 0 Å². The van der Waals surface area contributed by atoms with Gasteiger partial charge in [-0.3, -0.25) is 5.43 Å². The number of hydrazone groups is 1. The predicted octanol–water partition coefficient (Wildman–Crippen LogP) is 6.92. The Morgan fingerprint density at radius 3 is 2.36 bits per heavy atom. The summed E-state index contributed by atoms with van der Waals surface area (Å²) < 4.78 is 10.9. The fourth-order valence-electron chi connectivity index (χ4n) is 2.80. The topological polar surface area (TPSA) is 42.8 Å². The van der Waals surface area contributed by atoms with Crippen LogP contribution in [0.1, 0.15) is 57.4 Å². The van der Waals surface area contributed by atoms with Crippen LogP contribution in [0.5, 0.6) is 11.5 Å². The largest absolute Gasteiger partial charge is 0.497 e. The molecule has 0 amide bonds. The van der Waals surface area contributed by atoms with Crippen LogP contribution >= 0.6 is 11.6 Å². The summed E-state index contributed by atoms with van der Waals surface area (Å²) in [5.41, 5.74) is 4.78. The van der Waals surface area contributed by atoms with Crippen LogP contribution in [0, 0.1) is 0 Å². The Kier molecular flexibility index (Phi) is 10.3. The molecule has 152 valence electrons. The van der Waals surface area contributed by atoms with Gasteiger partial charge in [0.1, 0.15) is 11.5 Å². The van der Waals surface area contributed by atoms with Crippen LogP contribution in [0.15, 0.2) is 47.6 Å². The third-order valence-corrected chi connectivity index (χ3v) is 4.75. The molecule has 0 heterocycles. The van der Waals surface area contributed by atoms with Gasteiger partial charge >= 0.3 is 0 Å². The minimum atomic E-state index is 0.608. The van der Waals surface area contributed by atoms with Crippen LogP contribution in [0.25, 0.3) is 0 Å². The van der Waals surface area contributed by atoms with Gasteiger partial charge in [0.2, 0.25) is 0 Å². The number of ether oxygens (including phenoxy) is 2. The smallest absolute Gasteiger partial charge is 0.137 e. The van der Waals surface area contributed by atoms with Gasteiger partial charge in [0, 0.05) is 0 Å². The third kappa shape index (κ3) is 8.22.